The molecule has 3 nitrogen and oxygen atoms in total. The van der Waals surface area contributed by atoms with Crippen molar-refractivity contribution in [3.63, 3.8) is 0 Å². The Hall–Kier alpha value is -2.13. The van der Waals surface area contributed by atoms with Crippen LogP contribution in [0.3, 0.4) is 0 Å². The van der Waals surface area contributed by atoms with Crippen LogP contribution in [0.4, 0.5) is 0 Å². The van der Waals surface area contributed by atoms with E-state index in [1.54, 1.807) is 12.5 Å². The van der Waals surface area contributed by atoms with Gasteiger partial charge in [0.15, 0.2) is 0 Å². The summed E-state index contributed by atoms with van der Waals surface area (Å²) in [5.74, 6) is 0.957. The molecule has 2 aromatic heterocycles. The van der Waals surface area contributed by atoms with Crippen LogP contribution in [0.1, 0.15) is 29.9 Å². The van der Waals surface area contributed by atoms with Crippen LogP contribution in [0.5, 0.6) is 0 Å². The lowest BCUT2D eigenvalue weighted by Crippen LogP contribution is -2.13. The molecule has 1 unspecified atom stereocenters. The van der Waals surface area contributed by atoms with Gasteiger partial charge in [-0.3, -0.25) is 4.98 Å². The first-order chi connectivity index (χ1) is 9.31. The molecule has 1 atom stereocenters. The topological polar surface area (TPSA) is 52.0 Å². The number of furan rings is 1. The number of nitrogens with two attached hydrogens (primary N) is 1. The monoisotopic (exact) mass is 252 g/mol. The average Bonchev–Trinajstić information content (AvgIpc) is 2.94. The molecule has 0 amide bonds. The van der Waals surface area contributed by atoms with Crippen LogP contribution in [0.15, 0.2) is 53.4 Å². The van der Waals surface area contributed by atoms with Crippen LogP contribution in [-0.2, 0) is 6.42 Å². The lowest BCUT2D eigenvalue weighted by Gasteiger charge is -2.14. The SMILES string of the molecule is CCc1occc1C(N)c1cccc2cnccc12. The quantitative estimate of drug-likeness (QED) is 0.776. The van der Waals surface area contributed by atoms with Crippen molar-refractivity contribution in [1.82, 2.24) is 4.98 Å². The maximum atomic E-state index is 6.42. The molecular formula is C16H16N2O. The molecule has 96 valence electrons. The second-order valence-electron chi connectivity index (χ2n) is 4.57. The molecule has 0 saturated carbocycles. The Bertz CT molecular complexity index is 697. The fourth-order valence-corrected chi connectivity index (χ4v) is 2.50. The van der Waals surface area contributed by atoms with Crippen molar-refractivity contribution in [2.75, 3.05) is 0 Å². The van der Waals surface area contributed by atoms with Gasteiger partial charge in [-0.15, -0.1) is 0 Å². The number of pyridine rings is 1. The molecule has 0 spiro atoms. The summed E-state index contributed by atoms with van der Waals surface area (Å²) in [6, 6.07) is 9.94. The summed E-state index contributed by atoms with van der Waals surface area (Å²) in [5.41, 5.74) is 8.59. The summed E-state index contributed by atoms with van der Waals surface area (Å²) < 4.78 is 5.48. The minimum Gasteiger partial charge on any atom is -0.469 e. The Morgan fingerprint density at radius 1 is 1.21 bits per heavy atom. The van der Waals surface area contributed by atoms with Gasteiger partial charge < -0.3 is 10.2 Å². The first kappa shape index (κ1) is 11.9. The fraction of sp³-hybridized carbons (Fsp3) is 0.188. The number of hydrogen-bond donors (Lipinski definition) is 1. The van der Waals surface area contributed by atoms with E-state index in [0.717, 1.165) is 34.1 Å². The fourth-order valence-electron chi connectivity index (χ4n) is 2.50. The van der Waals surface area contributed by atoms with Crippen molar-refractivity contribution < 1.29 is 4.42 Å². The highest BCUT2D eigenvalue weighted by molar-refractivity contribution is 5.85. The van der Waals surface area contributed by atoms with Gasteiger partial charge in [-0.25, -0.2) is 0 Å². The Morgan fingerprint density at radius 3 is 2.95 bits per heavy atom. The van der Waals surface area contributed by atoms with Crippen molar-refractivity contribution in [2.45, 2.75) is 19.4 Å². The van der Waals surface area contributed by atoms with Crippen LogP contribution in [0.2, 0.25) is 0 Å². The number of benzene rings is 1. The highest BCUT2D eigenvalue weighted by Crippen LogP contribution is 2.29. The Morgan fingerprint density at radius 2 is 2.11 bits per heavy atom. The van der Waals surface area contributed by atoms with E-state index in [-0.39, 0.29) is 6.04 Å². The Labute approximate surface area is 112 Å². The standard InChI is InChI=1S/C16H16N2O/c1-2-15-14(7-9-19-15)16(17)13-5-3-4-11-10-18-8-6-12(11)13/h3-10,16H,2,17H2,1H3. The van der Waals surface area contributed by atoms with Gasteiger partial charge in [0.25, 0.3) is 0 Å². The summed E-state index contributed by atoms with van der Waals surface area (Å²) in [7, 11) is 0. The van der Waals surface area contributed by atoms with Gasteiger partial charge in [0.1, 0.15) is 5.76 Å². The van der Waals surface area contributed by atoms with Gasteiger partial charge in [0.05, 0.1) is 12.3 Å². The van der Waals surface area contributed by atoms with Crippen molar-refractivity contribution >= 4 is 10.8 Å². The molecular weight excluding hydrogens is 236 g/mol. The maximum absolute atomic E-state index is 6.42. The van der Waals surface area contributed by atoms with Crippen LogP contribution in [0, 0.1) is 0 Å². The van der Waals surface area contributed by atoms with Crippen LogP contribution >= 0.6 is 0 Å². The van der Waals surface area contributed by atoms with Crippen LogP contribution in [-0.4, -0.2) is 4.98 Å². The molecule has 1 aromatic carbocycles. The molecule has 3 aromatic rings. The normalized spacial score (nSPS) is 12.7. The molecule has 3 rings (SSSR count). The van der Waals surface area contributed by atoms with E-state index in [0.29, 0.717) is 0 Å². The third kappa shape index (κ3) is 2.02. The predicted octanol–water partition coefficient (Wildman–Crippen LogP) is 3.44. The number of aryl methyl sites for hydroxylation is 1. The van der Waals surface area contributed by atoms with E-state index >= 15 is 0 Å². The van der Waals surface area contributed by atoms with Crippen molar-refractivity contribution in [3.8, 4) is 0 Å². The largest absolute Gasteiger partial charge is 0.469 e. The zero-order chi connectivity index (χ0) is 13.2. The first-order valence-corrected chi connectivity index (χ1v) is 6.45. The molecule has 0 bridgehead atoms. The molecule has 0 fully saturated rings. The second-order valence-corrected chi connectivity index (χ2v) is 4.57. The highest BCUT2D eigenvalue weighted by Gasteiger charge is 2.16. The highest BCUT2D eigenvalue weighted by atomic mass is 16.3. The minimum absolute atomic E-state index is 0.167. The summed E-state index contributed by atoms with van der Waals surface area (Å²) in [4.78, 5) is 4.15. The summed E-state index contributed by atoms with van der Waals surface area (Å²) in [6.45, 7) is 2.07. The molecule has 2 heterocycles. The summed E-state index contributed by atoms with van der Waals surface area (Å²) in [6.07, 6.45) is 6.22. The molecule has 0 aliphatic carbocycles. The zero-order valence-electron chi connectivity index (χ0n) is 10.8. The molecule has 2 N–H and O–H groups in total. The van der Waals surface area contributed by atoms with E-state index in [1.807, 2.05) is 24.4 Å². The molecule has 3 heteroatoms. The number of hydrogen-bond acceptors (Lipinski definition) is 3. The third-order valence-electron chi connectivity index (χ3n) is 3.49. The first-order valence-electron chi connectivity index (χ1n) is 6.45. The van der Waals surface area contributed by atoms with E-state index < -0.39 is 0 Å². The second kappa shape index (κ2) is 4.86. The smallest absolute Gasteiger partial charge is 0.108 e. The molecule has 0 aliphatic heterocycles. The average molecular weight is 252 g/mol. The Balaban J connectivity index is 2.14. The van der Waals surface area contributed by atoms with Crippen LogP contribution < -0.4 is 5.73 Å². The number of nitrogens with zero attached hydrogens (tertiary/aromatic N) is 1. The maximum Gasteiger partial charge on any atom is 0.108 e. The van der Waals surface area contributed by atoms with Gasteiger partial charge in [-0.05, 0) is 23.1 Å². The number of aromatic nitrogens is 1. The summed E-state index contributed by atoms with van der Waals surface area (Å²) in [5, 5.41) is 2.25. The van der Waals surface area contributed by atoms with Gasteiger partial charge in [-0.1, -0.05) is 25.1 Å². The van der Waals surface area contributed by atoms with Crippen molar-refractivity contribution in [1.29, 1.82) is 0 Å². The van der Waals surface area contributed by atoms with Gasteiger partial charge >= 0.3 is 0 Å². The molecule has 0 radical (unpaired) electrons. The van der Waals surface area contributed by atoms with Crippen LogP contribution in [0.25, 0.3) is 10.8 Å². The molecule has 0 aliphatic rings. The predicted molar refractivity (Wildman–Crippen MR) is 75.9 cm³/mol. The third-order valence-corrected chi connectivity index (χ3v) is 3.49. The lowest BCUT2D eigenvalue weighted by atomic mass is 9.95. The van der Waals surface area contributed by atoms with E-state index in [2.05, 4.69) is 24.0 Å². The minimum atomic E-state index is -0.167. The Kier molecular flexibility index (Phi) is 3.05. The van der Waals surface area contributed by atoms with Gasteiger partial charge in [0, 0.05) is 29.8 Å². The lowest BCUT2D eigenvalue weighted by molar-refractivity contribution is 0.509. The van der Waals surface area contributed by atoms with E-state index in [1.165, 1.54) is 0 Å². The number of fused-ring (bicyclic) bond motifs is 1. The molecule has 19 heavy (non-hydrogen) atoms. The van der Waals surface area contributed by atoms with E-state index in [9.17, 15) is 0 Å². The number of rotatable bonds is 3. The summed E-state index contributed by atoms with van der Waals surface area (Å²) >= 11 is 0. The van der Waals surface area contributed by atoms with E-state index in [4.69, 9.17) is 10.2 Å². The van der Waals surface area contributed by atoms with Crippen molar-refractivity contribution in [2.24, 2.45) is 5.73 Å². The van der Waals surface area contributed by atoms with Gasteiger partial charge in [0.2, 0.25) is 0 Å². The zero-order valence-corrected chi connectivity index (χ0v) is 10.8. The van der Waals surface area contributed by atoms with Crippen molar-refractivity contribution in [3.05, 3.63) is 65.9 Å². The van der Waals surface area contributed by atoms with Gasteiger partial charge in [-0.2, -0.15) is 0 Å². The molecule has 0 saturated heterocycles.